The highest BCUT2D eigenvalue weighted by atomic mass is 32.2. The van der Waals surface area contributed by atoms with Crippen LogP contribution in [0.5, 0.6) is 5.75 Å². The lowest BCUT2D eigenvalue weighted by Gasteiger charge is -2.39. The van der Waals surface area contributed by atoms with E-state index in [9.17, 15) is 25.5 Å². The zero-order valence-electron chi connectivity index (χ0n) is 16.3. The van der Waals surface area contributed by atoms with Crippen molar-refractivity contribution in [3.63, 3.8) is 0 Å². The van der Waals surface area contributed by atoms with E-state index in [1.807, 2.05) is 12.1 Å². The van der Waals surface area contributed by atoms with Gasteiger partial charge in [0.05, 0.1) is 24.6 Å². The number of aliphatic hydroxyl groups is 5. The molecule has 2 aromatic rings. The minimum Gasteiger partial charge on any atom is -0.477 e. The summed E-state index contributed by atoms with van der Waals surface area (Å²) in [5.41, 5.74) is 3.04. The highest BCUT2D eigenvalue weighted by molar-refractivity contribution is 8.00. The van der Waals surface area contributed by atoms with E-state index < -0.39 is 29.0 Å². The van der Waals surface area contributed by atoms with E-state index >= 15 is 0 Å². The topological polar surface area (TPSA) is 110 Å². The first-order chi connectivity index (χ1) is 14.0. The Balaban J connectivity index is 1.84. The van der Waals surface area contributed by atoms with Crippen molar-refractivity contribution in [2.75, 3.05) is 6.61 Å². The number of rotatable bonds is 7. The van der Waals surface area contributed by atoms with Crippen LogP contribution in [0.1, 0.15) is 29.2 Å². The molecule has 158 valence electrons. The molecule has 1 fully saturated rings. The van der Waals surface area contributed by atoms with E-state index in [1.165, 1.54) is 5.56 Å². The van der Waals surface area contributed by atoms with Crippen LogP contribution in [0.25, 0.3) is 0 Å². The monoisotopic (exact) mass is 420 g/mol. The molecule has 1 aliphatic rings. The zero-order valence-corrected chi connectivity index (χ0v) is 17.1. The van der Waals surface area contributed by atoms with Crippen LogP contribution in [0.3, 0.4) is 0 Å². The lowest BCUT2D eigenvalue weighted by atomic mass is 10.0. The molecule has 0 unspecified atom stereocenters. The average Bonchev–Trinajstić information content (AvgIpc) is 2.75. The smallest absolute Gasteiger partial charge is 0.173 e. The predicted octanol–water partition coefficient (Wildman–Crippen LogP) is 1.23. The molecule has 0 aliphatic carbocycles. The van der Waals surface area contributed by atoms with E-state index in [0.29, 0.717) is 17.7 Å². The van der Waals surface area contributed by atoms with Crippen molar-refractivity contribution in [1.82, 2.24) is 0 Å². The fourth-order valence-corrected chi connectivity index (χ4v) is 4.59. The number of hydrogen-bond acceptors (Lipinski definition) is 7. The highest BCUT2D eigenvalue weighted by Gasteiger charge is 2.44. The molecule has 0 radical (unpaired) electrons. The molecule has 0 amide bonds. The van der Waals surface area contributed by atoms with Crippen LogP contribution in [-0.2, 0) is 19.4 Å². The third-order valence-corrected chi connectivity index (χ3v) is 6.65. The van der Waals surface area contributed by atoms with E-state index in [4.69, 9.17) is 4.74 Å². The Labute approximate surface area is 174 Å². The summed E-state index contributed by atoms with van der Waals surface area (Å²) in [7, 11) is 0. The van der Waals surface area contributed by atoms with Gasteiger partial charge in [-0.25, -0.2) is 0 Å². The highest BCUT2D eigenvalue weighted by Crippen LogP contribution is 2.36. The van der Waals surface area contributed by atoms with Gasteiger partial charge in [-0.1, -0.05) is 43.3 Å². The van der Waals surface area contributed by atoms with Gasteiger partial charge in [-0.15, -0.1) is 11.8 Å². The van der Waals surface area contributed by atoms with E-state index in [2.05, 4.69) is 31.2 Å². The van der Waals surface area contributed by atoms with Crippen molar-refractivity contribution in [2.24, 2.45) is 0 Å². The minimum atomic E-state index is -1.41. The fourth-order valence-electron chi connectivity index (χ4n) is 3.36. The molecule has 5 N–H and O–H groups in total. The van der Waals surface area contributed by atoms with Crippen LogP contribution in [0.4, 0.5) is 0 Å². The van der Waals surface area contributed by atoms with Gasteiger partial charge < -0.3 is 30.3 Å². The number of aliphatic hydroxyl groups excluding tert-OH is 5. The second kappa shape index (κ2) is 9.93. The minimum absolute atomic E-state index is 0.150. The summed E-state index contributed by atoms with van der Waals surface area (Å²) < 4.78 is 6.03. The van der Waals surface area contributed by atoms with Crippen molar-refractivity contribution in [1.29, 1.82) is 0 Å². The van der Waals surface area contributed by atoms with E-state index in [-0.39, 0.29) is 13.2 Å². The SMILES string of the molecule is CCc1ccc(Cc2ccc(CO)cc2O[C@@H]2S[C@H](CO)[C@@H](O)[C@H](O)[C@H]2O)cc1. The molecular weight excluding hydrogens is 392 g/mol. The van der Waals surface area contributed by atoms with Gasteiger partial charge in [0, 0.05) is 6.42 Å². The molecule has 3 rings (SSSR count). The number of thioether (sulfide) groups is 1. The number of aryl methyl sites for hydroxylation is 1. The van der Waals surface area contributed by atoms with Crippen molar-refractivity contribution in [2.45, 2.75) is 55.4 Å². The molecule has 6 nitrogen and oxygen atoms in total. The molecule has 0 saturated carbocycles. The largest absolute Gasteiger partial charge is 0.477 e. The Morgan fingerprint density at radius 3 is 2.14 bits per heavy atom. The molecule has 1 saturated heterocycles. The Morgan fingerprint density at radius 2 is 1.52 bits per heavy atom. The number of hydrogen-bond donors (Lipinski definition) is 5. The standard InChI is InChI=1S/C22H28O6S/c1-2-13-3-5-14(6-4-13)9-16-8-7-15(11-23)10-17(16)28-22-21(27)20(26)19(25)18(12-24)29-22/h3-8,10,18-27H,2,9,11-12H2,1H3/t18-,19-,20+,21-,22-/m1/s1. The van der Waals surface area contributed by atoms with Gasteiger partial charge in [0.25, 0.3) is 0 Å². The summed E-state index contributed by atoms with van der Waals surface area (Å²) in [5, 5.41) is 48.8. The van der Waals surface area contributed by atoms with Gasteiger partial charge in [-0.2, -0.15) is 0 Å². The average molecular weight is 421 g/mol. The van der Waals surface area contributed by atoms with Crippen molar-refractivity contribution in [3.05, 3.63) is 64.7 Å². The molecule has 5 atom stereocenters. The maximum absolute atomic E-state index is 10.4. The van der Waals surface area contributed by atoms with Gasteiger partial charge >= 0.3 is 0 Å². The first-order valence-electron chi connectivity index (χ1n) is 9.74. The lowest BCUT2D eigenvalue weighted by Crippen LogP contribution is -2.55. The van der Waals surface area contributed by atoms with Crippen molar-refractivity contribution >= 4 is 11.8 Å². The Bertz CT molecular complexity index is 794. The predicted molar refractivity (Wildman–Crippen MR) is 112 cm³/mol. The van der Waals surface area contributed by atoms with Crippen molar-refractivity contribution < 1.29 is 30.3 Å². The summed E-state index contributed by atoms with van der Waals surface area (Å²) >= 11 is 1.08. The molecule has 2 aromatic carbocycles. The molecule has 0 spiro atoms. The third-order valence-electron chi connectivity index (χ3n) is 5.23. The number of benzene rings is 2. The van der Waals surface area contributed by atoms with Gasteiger partial charge in [0.15, 0.2) is 5.44 Å². The van der Waals surface area contributed by atoms with Gasteiger partial charge in [-0.05, 0) is 34.7 Å². The Hall–Kier alpha value is -1.61. The summed E-state index contributed by atoms with van der Waals surface area (Å²) in [6.45, 7) is 1.61. The molecule has 1 heterocycles. The summed E-state index contributed by atoms with van der Waals surface area (Å²) in [6.07, 6.45) is -2.39. The maximum atomic E-state index is 10.4. The van der Waals surface area contributed by atoms with Crippen molar-refractivity contribution in [3.8, 4) is 5.75 Å². The Kier molecular flexibility index (Phi) is 7.56. The van der Waals surface area contributed by atoms with Crippen LogP contribution >= 0.6 is 11.8 Å². The zero-order chi connectivity index (χ0) is 21.0. The first kappa shape index (κ1) is 22.1. The van der Waals surface area contributed by atoms with Crippen LogP contribution < -0.4 is 4.74 Å². The van der Waals surface area contributed by atoms with E-state index in [0.717, 1.165) is 29.3 Å². The second-order valence-corrected chi connectivity index (χ2v) is 8.60. The summed E-state index contributed by atoms with van der Waals surface area (Å²) in [6, 6.07) is 13.7. The molecular formula is C22H28O6S. The second-order valence-electron chi connectivity index (χ2n) is 7.26. The van der Waals surface area contributed by atoms with Crippen LogP contribution in [-0.4, -0.2) is 61.1 Å². The lowest BCUT2D eigenvalue weighted by molar-refractivity contribution is -0.0910. The molecule has 0 bridgehead atoms. The van der Waals surface area contributed by atoms with Gasteiger partial charge in [0.2, 0.25) is 0 Å². The first-order valence-corrected chi connectivity index (χ1v) is 10.7. The Morgan fingerprint density at radius 1 is 0.862 bits per heavy atom. The fraction of sp³-hybridized carbons (Fsp3) is 0.455. The normalized spacial score (nSPS) is 27.0. The molecule has 29 heavy (non-hydrogen) atoms. The quantitative estimate of drug-likeness (QED) is 0.458. The summed E-state index contributed by atoms with van der Waals surface area (Å²) in [5.74, 6) is 0.493. The van der Waals surface area contributed by atoms with Gasteiger partial charge in [-0.3, -0.25) is 0 Å². The molecule has 7 heteroatoms. The molecule has 1 aliphatic heterocycles. The maximum Gasteiger partial charge on any atom is 0.173 e. The van der Waals surface area contributed by atoms with Crippen LogP contribution in [0, 0.1) is 0 Å². The van der Waals surface area contributed by atoms with Crippen LogP contribution in [0.2, 0.25) is 0 Å². The van der Waals surface area contributed by atoms with Crippen LogP contribution in [0.15, 0.2) is 42.5 Å². The summed E-state index contributed by atoms with van der Waals surface area (Å²) in [4.78, 5) is 0. The number of ether oxygens (including phenoxy) is 1. The van der Waals surface area contributed by atoms with E-state index in [1.54, 1.807) is 6.07 Å². The third kappa shape index (κ3) is 5.12. The molecule has 0 aromatic heterocycles. The van der Waals surface area contributed by atoms with Gasteiger partial charge in [0.1, 0.15) is 18.0 Å².